The van der Waals surface area contributed by atoms with E-state index in [-0.39, 0.29) is 11.5 Å². The van der Waals surface area contributed by atoms with Crippen molar-refractivity contribution in [3.63, 3.8) is 0 Å². The molecule has 18 heavy (non-hydrogen) atoms. The first-order chi connectivity index (χ1) is 8.47. The number of carbonyl (C=O) groups is 1. The van der Waals surface area contributed by atoms with Gasteiger partial charge in [0.2, 0.25) is 0 Å². The highest BCUT2D eigenvalue weighted by Crippen LogP contribution is 2.34. The topological polar surface area (TPSA) is 80.7 Å². The predicted molar refractivity (Wildman–Crippen MR) is 64.7 cm³/mol. The molecule has 0 saturated heterocycles. The molecule has 0 aliphatic heterocycles. The van der Waals surface area contributed by atoms with E-state index in [0.717, 1.165) is 0 Å². The molecular weight excluding hydrogens is 256 g/mol. The van der Waals surface area contributed by atoms with Crippen molar-refractivity contribution >= 4 is 22.2 Å². The molecule has 1 unspecified atom stereocenters. The van der Waals surface area contributed by atoms with Gasteiger partial charge in [-0.05, 0) is 24.1 Å². The number of rotatable bonds is 4. The summed E-state index contributed by atoms with van der Waals surface area (Å²) in [4.78, 5) is 11.0. The molecule has 0 heterocycles. The third kappa shape index (κ3) is 2.04. The summed E-state index contributed by atoms with van der Waals surface area (Å²) in [5.74, 6) is -1.80. The Morgan fingerprint density at radius 1 is 1.44 bits per heavy atom. The van der Waals surface area contributed by atoms with Gasteiger partial charge in [-0.15, -0.1) is 0 Å². The van der Waals surface area contributed by atoms with Crippen molar-refractivity contribution in [2.24, 2.45) is 0 Å². The highest BCUT2D eigenvalue weighted by atomic mass is 32.2. The molecule has 2 rings (SSSR count). The van der Waals surface area contributed by atoms with Crippen LogP contribution >= 0.6 is 0 Å². The van der Waals surface area contributed by atoms with E-state index in [4.69, 9.17) is 9.29 Å². The maximum absolute atomic E-state index is 11.9. The fourth-order valence-electron chi connectivity index (χ4n) is 1.96. The molecule has 1 atom stereocenters. The van der Waals surface area contributed by atoms with Crippen LogP contribution in [0.4, 0.5) is 0 Å². The third-order valence-electron chi connectivity index (χ3n) is 2.70. The molecule has 96 valence electrons. The van der Waals surface area contributed by atoms with Crippen LogP contribution < -0.4 is 0 Å². The second-order valence-corrected chi connectivity index (χ2v) is 5.38. The minimum absolute atomic E-state index is 0.0156. The van der Waals surface area contributed by atoms with Crippen LogP contribution in [0.25, 0.3) is 6.08 Å². The zero-order valence-electron chi connectivity index (χ0n) is 9.66. The van der Waals surface area contributed by atoms with Gasteiger partial charge in [0.1, 0.15) is 10.8 Å². The number of benzene rings is 1. The largest absolute Gasteiger partial charge is 0.481 e. The summed E-state index contributed by atoms with van der Waals surface area (Å²) in [6.07, 6.45) is 2.98. The number of aliphatic carboxylic acids is 1. The van der Waals surface area contributed by atoms with Gasteiger partial charge in [0.05, 0.1) is 6.61 Å². The van der Waals surface area contributed by atoms with Crippen LogP contribution in [0, 0.1) is 0 Å². The van der Waals surface area contributed by atoms with Crippen LogP contribution in [0.3, 0.4) is 0 Å². The van der Waals surface area contributed by atoms with E-state index in [1.165, 1.54) is 24.3 Å². The minimum Gasteiger partial charge on any atom is -0.481 e. The fourth-order valence-corrected chi connectivity index (χ4v) is 3.10. The predicted octanol–water partition coefficient (Wildman–Crippen LogP) is 1.61. The molecule has 1 N–H and O–H groups in total. The summed E-state index contributed by atoms with van der Waals surface area (Å²) in [5, 5.41) is 9.03. The number of carboxylic acids is 1. The number of hydrogen-bond acceptors (Lipinski definition) is 4. The van der Waals surface area contributed by atoms with Crippen molar-refractivity contribution < 1.29 is 22.5 Å². The van der Waals surface area contributed by atoms with Crippen molar-refractivity contribution in [1.82, 2.24) is 0 Å². The Hall–Kier alpha value is -1.66. The molecule has 6 heteroatoms. The average molecular weight is 268 g/mol. The van der Waals surface area contributed by atoms with Crippen LogP contribution in [0.5, 0.6) is 0 Å². The van der Waals surface area contributed by atoms with Gasteiger partial charge >= 0.3 is 5.97 Å². The van der Waals surface area contributed by atoms with E-state index >= 15 is 0 Å². The summed E-state index contributed by atoms with van der Waals surface area (Å²) in [6, 6.07) is 4.55. The number of carboxylic acid groups (broad SMARTS) is 1. The van der Waals surface area contributed by atoms with Gasteiger partial charge in [-0.3, -0.25) is 8.98 Å². The lowest BCUT2D eigenvalue weighted by Gasteiger charge is -2.10. The molecule has 0 bridgehead atoms. The van der Waals surface area contributed by atoms with Crippen LogP contribution in [-0.2, 0) is 19.1 Å². The summed E-state index contributed by atoms with van der Waals surface area (Å²) < 4.78 is 28.5. The Morgan fingerprint density at radius 3 is 2.78 bits per heavy atom. The normalized spacial score (nSPS) is 17.7. The Kier molecular flexibility index (Phi) is 3.23. The van der Waals surface area contributed by atoms with Gasteiger partial charge in [-0.1, -0.05) is 24.3 Å². The summed E-state index contributed by atoms with van der Waals surface area (Å²) in [7, 11) is -3.83. The highest BCUT2D eigenvalue weighted by molar-refractivity contribution is 7.86. The molecule has 0 fully saturated rings. The van der Waals surface area contributed by atoms with Crippen molar-refractivity contribution in [3.05, 3.63) is 35.4 Å². The lowest BCUT2D eigenvalue weighted by molar-refractivity contribution is -0.137. The van der Waals surface area contributed by atoms with E-state index in [0.29, 0.717) is 11.1 Å². The van der Waals surface area contributed by atoms with Crippen molar-refractivity contribution in [2.45, 2.75) is 17.7 Å². The van der Waals surface area contributed by atoms with E-state index in [2.05, 4.69) is 0 Å². The molecule has 0 saturated carbocycles. The zero-order chi connectivity index (χ0) is 13.3. The molecule has 1 aromatic carbocycles. The molecule has 0 spiro atoms. The molecule has 1 aromatic rings. The first-order valence-electron chi connectivity index (χ1n) is 5.40. The average Bonchev–Trinajstić information content (AvgIpc) is 2.71. The first-order valence-corrected chi connectivity index (χ1v) is 6.81. The van der Waals surface area contributed by atoms with E-state index in [1.54, 1.807) is 13.0 Å². The monoisotopic (exact) mass is 268 g/mol. The van der Waals surface area contributed by atoms with E-state index in [9.17, 15) is 13.2 Å². The Labute approximate surface area is 105 Å². The van der Waals surface area contributed by atoms with Gasteiger partial charge < -0.3 is 5.11 Å². The summed E-state index contributed by atoms with van der Waals surface area (Å²) in [6.45, 7) is 1.62. The smallest absolute Gasteiger partial charge is 0.314 e. The van der Waals surface area contributed by atoms with Gasteiger partial charge in [-0.2, -0.15) is 8.42 Å². The number of fused-ring (bicyclic) bond motifs is 1. The van der Waals surface area contributed by atoms with E-state index < -0.39 is 22.0 Å². The van der Waals surface area contributed by atoms with Gasteiger partial charge in [0, 0.05) is 0 Å². The second kappa shape index (κ2) is 4.55. The summed E-state index contributed by atoms with van der Waals surface area (Å²) in [5.41, 5.74) is 0.877. The molecule has 1 aliphatic carbocycles. The van der Waals surface area contributed by atoms with Crippen LogP contribution in [-0.4, -0.2) is 26.1 Å². The Balaban J connectivity index is 2.56. The summed E-state index contributed by atoms with van der Waals surface area (Å²) >= 11 is 0. The first kappa shape index (κ1) is 12.8. The Bertz CT molecular complexity index is 615. The van der Waals surface area contributed by atoms with Gasteiger partial charge in [0.25, 0.3) is 10.1 Å². The van der Waals surface area contributed by atoms with Crippen molar-refractivity contribution in [1.29, 1.82) is 0 Å². The lowest BCUT2D eigenvalue weighted by atomic mass is 10.0. The Morgan fingerprint density at radius 2 is 2.17 bits per heavy atom. The molecular formula is C12H12O5S. The van der Waals surface area contributed by atoms with Crippen molar-refractivity contribution in [3.8, 4) is 0 Å². The van der Waals surface area contributed by atoms with Crippen LogP contribution in [0.15, 0.2) is 29.2 Å². The van der Waals surface area contributed by atoms with Crippen LogP contribution in [0.2, 0.25) is 0 Å². The van der Waals surface area contributed by atoms with Gasteiger partial charge in [-0.25, -0.2) is 0 Å². The van der Waals surface area contributed by atoms with Crippen molar-refractivity contribution in [2.75, 3.05) is 6.61 Å². The SMILES string of the molecule is CCOS(=O)(=O)c1cccc2c1C=CC2C(=O)O. The maximum atomic E-state index is 11.9. The van der Waals surface area contributed by atoms with Crippen LogP contribution in [0.1, 0.15) is 24.0 Å². The molecule has 0 aromatic heterocycles. The zero-order valence-corrected chi connectivity index (χ0v) is 10.5. The molecule has 0 amide bonds. The molecule has 5 nitrogen and oxygen atoms in total. The van der Waals surface area contributed by atoms with E-state index in [1.807, 2.05) is 0 Å². The molecule has 0 radical (unpaired) electrons. The third-order valence-corrected chi connectivity index (χ3v) is 4.14. The lowest BCUT2D eigenvalue weighted by Crippen LogP contribution is -2.11. The fraction of sp³-hybridized carbons (Fsp3) is 0.250. The number of hydrogen-bond donors (Lipinski definition) is 1. The molecule has 1 aliphatic rings. The highest BCUT2D eigenvalue weighted by Gasteiger charge is 2.29. The van der Waals surface area contributed by atoms with Gasteiger partial charge in [0.15, 0.2) is 0 Å². The standard InChI is InChI=1S/C12H12O5S/c1-2-17-18(15,16)11-5-3-4-8-9(11)6-7-10(8)12(13)14/h3-7,10H,2H2,1H3,(H,13,14). The maximum Gasteiger partial charge on any atom is 0.314 e. The second-order valence-electron chi connectivity index (χ2n) is 3.79. The minimum atomic E-state index is -3.83. The quantitative estimate of drug-likeness (QED) is 0.839.